The number of rotatable bonds is 5. The van der Waals surface area contributed by atoms with Crippen molar-refractivity contribution >= 4 is 11.3 Å². The predicted molar refractivity (Wildman–Crippen MR) is 69.6 cm³/mol. The first-order chi connectivity index (χ1) is 7.01. The van der Waals surface area contributed by atoms with Gasteiger partial charge in [0.15, 0.2) is 0 Å². The van der Waals surface area contributed by atoms with Gasteiger partial charge in [-0.15, -0.1) is 0 Å². The summed E-state index contributed by atoms with van der Waals surface area (Å²) in [6.07, 6.45) is 3.68. The molecule has 0 aliphatic carbocycles. The fourth-order valence-corrected chi connectivity index (χ4v) is 2.57. The lowest BCUT2D eigenvalue weighted by atomic mass is 9.86. The predicted octanol–water partition coefficient (Wildman–Crippen LogP) is 3.70. The van der Waals surface area contributed by atoms with Crippen LogP contribution in [0.4, 0.5) is 0 Å². The summed E-state index contributed by atoms with van der Waals surface area (Å²) in [5, 5.41) is 7.84. The summed E-state index contributed by atoms with van der Waals surface area (Å²) in [6.45, 7) is 6.92. The molecule has 0 spiro atoms. The number of hydrogen-bond acceptors (Lipinski definition) is 2. The van der Waals surface area contributed by atoms with Crippen LogP contribution in [0.1, 0.15) is 39.2 Å². The van der Waals surface area contributed by atoms with E-state index in [1.807, 2.05) is 0 Å². The lowest BCUT2D eigenvalue weighted by Crippen LogP contribution is -2.30. The highest BCUT2D eigenvalue weighted by atomic mass is 32.1. The maximum atomic E-state index is 3.42. The van der Waals surface area contributed by atoms with Crippen molar-refractivity contribution in [2.45, 2.75) is 46.1 Å². The fourth-order valence-electron chi connectivity index (χ4n) is 1.86. The molecule has 0 amide bonds. The maximum Gasteiger partial charge on any atom is 0.00722 e. The van der Waals surface area contributed by atoms with Crippen molar-refractivity contribution in [1.82, 2.24) is 5.32 Å². The van der Waals surface area contributed by atoms with Gasteiger partial charge in [-0.1, -0.05) is 20.8 Å². The van der Waals surface area contributed by atoms with Gasteiger partial charge < -0.3 is 5.32 Å². The van der Waals surface area contributed by atoms with E-state index in [0.717, 1.165) is 0 Å². The Morgan fingerprint density at radius 1 is 1.40 bits per heavy atom. The SMILES string of the molecule is CNC(CCc1ccsc1)CC(C)(C)C. The van der Waals surface area contributed by atoms with Crippen molar-refractivity contribution in [1.29, 1.82) is 0 Å². The van der Waals surface area contributed by atoms with Crippen molar-refractivity contribution < 1.29 is 0 Å². The zero-order valence-corrected chi connectivity index (χ0v) is 11.2. The van der Waals surface area contributed by atoms with Gasteiger partial charge in [-0.2, -0.15) is 11.3 Å². The second-order valence-corrected chi connectivity index (χ2v) is 6.20. The van der Waals surface area contributed by atoms with Gasteiger partial charge in [0.05, 0.1) is 0 Å². The molecule has 2 heteroatoms. The smallest absolute Gasteiger partial charge is 0.00722 e. The van der Waals surface area contributed by atoms with E-state index >= 15 is 0 Å². The van der Waals surface area contributed by atoms with Crippen molar-refractivity contribution in [2.24, 2.45) is 5.41 Å². The largest absolute Gasteiger partial charge is 0.317 e. The lowest BCUT2D eigenvalue weighted by Gasteiger charge is -2.25. The molecule has 15 heavy (non-hydrogen) atoms. The maximum absolute atomic E-state index is 3.42. The minimum atomic E-state index is 0.419. The third-order valence-electron chi connectivity index (χ3n) is 2.63. The Labute approximate surface area is 97.9 Å². The third-order valence-corrected chi connectivity index (χ3v) is 3.36. The van der Waals surface area contributed by atoms with E-state index in [4.69, 9.17) is 0 Å². The summed E-state index contributed by atoms with van der Waals surface area (Å²) in [7, 11) is 2.07. The van der Waals surface area contributed by atoms with Crippen LogP contribution < -0.4 is 5.32 Å². The molecule has 0 saturated carbocycles. The van der Waals surface area contributed by atoms with E-state index in [0.29, 0.717) is 11.5 Å². The number of aryl methyl sites for hydroxylation is 1. The van der Waals surface area contributed by atoms with Gasteiger partial charge >= 0.3 is 0 Å². The molecule has 1 atom stereocenters. The van der Waals surface area contributed by atoms with Crippen LogP contribution in [0.5, 0.6) is 0 Å². The van der Waals surface area contributed by atoms with Gasteiger partial charge in [-0.05, 0) is 54.1 Å². The number of nitrogens with one attached hydrogen (secondary N) is 1. The minimum Gasteiger partial charge on any atom is -0.317 e. The molecule has 86 valence electrons. The summed E-state index contributed by atoms with van der Waals surface area (Å²) in [6, 6.07) is 2.87. The molecule has 1 nitrogen and oxygen atoms in total. The standard InChI is InChI=1S/C13H23NS/c1-13(2,3)9-12(14-4)6-5-11-7-8-15-10-11/h7-8,10,12,14H,5-6,9H2,1-4H3. The van der Waals surface area contributed by atoms with Crippen LogP contribution in [-0.4, -0.2) is 13.1 Å². The van der Waals surface area contributed by atoms with Gasteiger partial charge in [0.25, 0.3) is 0 Å². The number of thiophene rings is 1. The Morgan fingerprint density at radius 3 is 2.60 bits per heavy atom. The molecule has 1 unspecified atom stereocenters. The molecule has 0 saturated heterocycles. The Kier molecular flexibility index (Phi) is 4.81. The van der Waals surface area contributed by atoms with Crippen molar-refractivity contribution in [3.05, 3.63) is 22.4 Å². The van der Waals surface area contributed by atoms with E-state index < -0.39 is 0 Å². The van der Waals surface area contributed by atoms with Crippen LogP contribution >= 0.6 is 11.3 Å². The van der Waals surface area contributed by atoms with Gasteiger partial charge in [0.1, 0.15) is 0 Å². The molecule has 1 aromatic rings. The Balaban J connectivity index is 2.34. The monoisotopic (exact) mass is 225 g/mol. The first-order valence-corrected chi connectivity index (χ1v) is 6.64. The molecule has 1 aromatic heterocycles. The summed E-state index contributed by atoms with van der Waals surface area (Å²) >= 11 is 1.79. The van der Waals surface area contributed by atoms with Crippen LogP contribution in [0.3, 0.4) is 0 Å². The molecular formula is C13H23NS. The van der Waals surface area contributed by atoms with Gasteiger partial charge in [0, 0.05) is 6.04 Å². The van der Waals surface area contributed by atoms with E-state index in [-0.39, 0.29) is 0 Å². The van der Waals surface area contributed by atoms with Crippen LogP contribution in [0, 0.1) is 5.41 Å². The zero-order valence-electron chi connectivity index (χ0n) is 10.3. The Morgan fingerprint density at radius 2 is 2.13 bits per heavy atom. The molecule has 0 bridgehead atoms. The molecule has 0 fully saturated rings. The Bertz CT molecular complexity index is 259. The molecule has 0 aliphatic heterocycles. The molecule has 0 radical (unpaired) electrons. The van der Waals surface area contributed by atoms with E-state index in [2.05, 4.69) is 50.0 Å². The highest BCUT2D eigenvalue weighted by Gasteiger charge is 2.17. The summed E-state index contributed by atoms with van der Waals surface area (Å²) in [5.41, 5.74) is 1.90. The second kappa shape index (κ2) is 5.66. The molecule has 0 aliphatic rings. The normalized spacial score (nSPS) is 14.1. The minimum absolute atomic E-state index is 0.419. The molecular weight excluding hydrogens is 202 g/mol. The van der Waals surface area contributed by atoms with Crippen molar-refractivity contribution in [3.63, 3.8) is 0 Å². The average Bonchev–Trinajstić information content (AvgIpc) is 2.62. The molecule has 1 heterocycles. The highest BCUT2D eigenvalue weighted by molar-refractivity contribution is 7.07. The fraction of sp³-hybridized carbons (Fsp3) is 0.692. The van der Waals surface area contributed by atoms with Crippen LogP contribution in [0.15, 0.2) is 16.8 Å². The number of hydrogen-bond donors (Lipinski definition) is 1. The average molecular weight is 225 g/mol. The first kappa shape index (κ1) is 12.7. The van der Waals surface area contributed by atoms with E-state index in [1.54, 1.807) is 11.3 Å². The molecule has 1 N–H and O–H groups in total. The van der Waals surface area contributed by atoms with Gasteiger partial charge in [0.2, 0.25) is 0 Å². The first-order valence-electron chi connectivity index (χ1n) is 5.69. The third kappa shape index (κ3) is 5.33. The summed E-state index contributed by atoms with van der Waals surface area (Å²) < 4.78 is 0. The van der Waals surface area contributed by atoms with Gasteiger partial charge in [-0.25, -0.2) is 0 Å². The van der Waals surface area contributed by atoms with Crippen LogP contribution in [0.2, 0.25) is 0 Å². The zero-order chi connectivity index (χ0) is 11.3. The summed E-state index contributed by atoms with van der Waals surface area (Å²) in [4.78, 5) is 0. The summed E-state index contributed by atoms with van der Waals surface area (Å²) in [5.74, 6) is 0. The molecule has 0 aromatic carbocycles. The van der Waals surface area contributed by atoms with Crippen LogP contribution in [0.25, 0.3) is 0 Å². The molecule has 1 rings (SSSR count). The topological polar surface area (TPSA) is 12.0 Å². The van der Waals surface area contributed by atoms with E-state index in [9.17, 15) is 0 Å². The Hall–Kier alpha value is -0.340. The lowest BCUT2D eigenvalue weighted by molar-refractivity contribution is 0.308. The van der Waals surface area contributed by atoms with Crippen molar-refractivity contribution in [3.8, 4) is 0 Å². The van der Waals surface area contributed by atoms with Gasteiger partial charge in [-0.3, -0.25) is 0 Å². The second-order valence-electron chi connectivity index (χ2n) is 5.42. The highest BCUT2D eigenvalue weighted by Crippen LogP contribution is 2.23. The van der Waals surface area contributed by atoms with E-state index in [1.165, 1.54) is 24.8 Å². The van der Waals surface area contributed by atoms with Crippen molar-refractivity contribution in [2.75, 3.05) is 7.05 Å². The van der Waals surface area contributed by atoms with Crippen LogP contribution in [-0.2, 0) is 6.42 Å². The quantitative estimate of drug-likeness (QED) is 0.805.